The maximum atomic E-state index is 13.9. The van der Waals surface area contributed by atoms with Crippen LogP contribution in [-0.4, -0.2) is 54.6 Å². The van der Waals surface area contributed by atoms with Gasteiger partial charge in [0.1, 0.15) is 37.1 Å². The number of Topliss-reactive ketones (excluding diaryl/α,β-unsaturated/α-hetero) is 2. The SMILES string of the molecule is COc1cc(O)c(C2C3=CCn4c(=O)n(-c5ccccc5)c(=O)n4C3CC3(Cl)C(=O)C(Cl)=C(Cl)C(=O)C23Cl)c(OC)c1. The van der Waals surface area contributed by atoms with E-state index in [-0.39, 0.29) is 29.4 Å². The molecule has 0 radical (unpaired) electrons. The molecule has 0 spiro atoms. The highest BCUT2D eigenvalue weighted by Crippen LogP contribution is 2.65. The van der Waals surface area contributed by atoms with Gasteiger partial charge in [-0.2, -0.15) is 0 Å². The second-order valence-corrected chi connectivity index (χ2v) is 12.1. The number of hydrogen-bond donors (Lipinski definition) is 1. The Balaban J connectivity index is 1.68. The fraction of sp³-hybridized carbons (Fsp3) is 0.286. The van der Waals surface area contributed by atoms with Gasteiger partial charge in [-0.1, -0.05) is 47.5 Å². The van der Waals surface area contributed by atoms with Crippen LogP contribution in [0.2, 0.25) is 0 Å². The number of carbonyl (C=O) groups excluding carboxylic acids is 2. The molecule has 2 aromatic carbocycles. The number of para-hydroxylation sites is 1. The Bertz CT molecular complexity index is 1880. The fourth-order valence-electron chi connectivity index (χ4n) is 6.25. The van der Waals surface area contributed by atoms with Crippen LogP contribution in [0.4, 0.5) is 0 Å². The maximum absolute atomic E-state index is 13.9. The molecule has 42 heavy (non-hydrogen) atoms. The molecular weight excluding hydrogens is 632 g/mol. The van der Waals surface area contributed by atoms with Crippen molar-refractivity contribution in [1.29, 1.82) is 0 Å². The minimum Gasteiger partial charge on any atom is -0.507 e. The molecule has 1 saturated carbocycles. The summed E-state index contributed by atoms with van der Waals surface area (Å²) in [7, 11) is 2.72. The molecule has 0 amide bonds. The van der Waals surface area contributed by atoms with E-state index in [1.165, 1.54) is 35.7 Å². The van der Waals surface area contributed by atoms with Crippen molar-refractivity contribution in [2.45, 2.75) is 34.7 Å². The zero-order chi connectivity index (χ0) is 30.3. The number of phenols is 1. The van der Waals surface area contributed by atoms with Crippen LogP contribution in [0.15, 0.2) is 73.8 Å². The Kier molecular flexibility index (Phi) is 6.69. The third-order valence-corrected chi connectivity index (χ3v) is 10.4. The van der Waals surface area contributed by atoms with E-state index in [0.717, 1.165) is 4.57 Å². The number of hydrogen-bond acceptors (Lipinski definition) is 7. The zero-order valence-corrected chi connectivity index (χ0v) is 25.0. The Labute approximate surface area is 257 Å². The summed E-state index contributed by atoms with van der Waals surface area (Å²) in [6.07, 6.45) is 1.23. The quantitative estimate of drug-likeness (QED) is 0.334. The number of allylic oxidation sites excluding steroid dienone is 4. The topological polar surface area (TPSA) is 122 Å². The van der Waals surface area contributed by atoms with E-state index in [2.05, 4.69) is 0 Å². The molecule has 10 nitrogen and oxygen atoms in total. The minimum atomic E-state index is -2.32. The van der Waals surface area contributed by atoms with Gasteiger partial charge in [-0.25, -0.2) is 23.5 Å². The van der Waals surface area contributed by atoms with Crippen LogP contribution in [0.5, 0.6) is 17.2 Å². The molecule has 14 heteroatoms. The average molecular weight is 653 g/mol. The molecule has 4 atom stereocenters. The predicted molar refractivity (Wildman–Crippen MR) is 156 cm³/mol. The molecule has 3 aliphatic rings. The van der Waals surface area contributed by atoms with Crippen LogP contribution in [0.25, 0.3) is 5.69 Å². The normalized spacial score (nSPS) is 26.8. The minimum absolute atomic E-state index is 0.00394. The lowest BCUT2D eigenvalue weighted by molar-refractivity contribution is -0.128. The van der Waals surface area contributed by atoms with Crippen molar-refractivity contribution in [3.05, 3.63) is 90.7 Å². The lowest BCUT2D eigenvalue weighted by Crippen LogP contribution is -2.67. The first-order chi connectivity index (χ1) is 19.9. The monoisotopic (exact) mass is 651 g/mol. The smallest absolute Gasteiger partial charge is 0.352 e. The summed E-state index contributed by atoms with van der Waals surface area (Å²) in [6, 6.07) is 10.0. The summed E-state index contributed by atoms with van der Waals surface area (Å²) >= 11 is 26.8. The molecule has 6 rings (SSSR count). The van der Waals surface area contributed by atoms with Crippen molar-refractivity contribution in [2.75, 3.05) is 14.2 Å². The predicted octanol–water partition coefficient (Wildman–Crippen LogP) is 3.99. The van der Waals surface area contributed by atoms with Crippen LogP contribution >= 0.6 is 46.4 Å². The van der Waals surface area contributed by atoms with Gasteiger partial charge >= 0.3 is 11.4 Å². The number of benzene rings is 2. The van der Waals surface area contributed by atoms with Crippen LogP contribution in [-0.2, 0) is 16.1 Å². The second-order valence-electron chi connectivity index (χ2n) is 10.1. The molecule has 3 aromatic rings. The number of carbonyl (C=O) groups is 2. The molecule has 1 N–H and O–H groups in total. The molecule has 218 valence electrons. The highest BCUT2D eigenvalue weighted by Gasteiger charge is 2.72. The highest BCUT2D eigenvalue weighted by atomic mass is 35.5. The first kappa shape index (κ1) is 28.7. The fourth-order valence-corrected chi connectivity index (χ4v) is 7.76. The van der Waals surface area contributed by atoms with Crippen LogP contribution < -0.4 is 20.9 Å². The van der Waals surface area contributed by atoms with Gasteiger partial charge in [-0.15, -0.1) is 23.2 Å². The Morgan fingerprint density at radius 2 is 1.60 bits per heavy atom. The highest BCUT2D eigenvalue weighted by molar-refractivity contribution is 6.66. The number of aromatic hydroxyl groups is 1. The molecule has 1 aliphatic heterocycles. The van der Waals surface area contributed by atoms with Gasteiger partial charge in [-0.3, -0.25) is 9.59 Å². The van der Waals surface area contributed by atoms with E-state index in [1.807, 2.05) is 0 Å². The number of ether oxygens (including phenoxy) is 2. The lowest BCUT2D eigenvalue weighted by Gasteiger charge is -2.54. The van der Waals surface area contributed by atoms with Gasteiger partial charge in [0.05, 0.1) is 32.5 Å². The van der Waals surface area contributed by atoms with Gasteiger partial charge in [-0.05, 0) is 17.7 Å². The Morgan fingerprint density at radius 3 is 2.24 bits per heavy atom. The lowest BCUT2D eigenvalue weighted by atomic mass is 9.59. The number of nitrogens with zero attached hydrogens (tertiary/aromatic N) is 3. The molecule has 2 aliphatic carbocycles. The summed E-state index contributed by atoms with van der Waals surface area (Å²) in [5, 5.41) is 10.1. The van der Waals surface area contributed by atoms with Crippen molar-refractivity contribution in [3.63, 3.8) is 0 Å². The van der Waals surface area contributed by atoms with Gasteiger partial charge in [0.15, 0.2) is 11.6 Å². The van der Waals surface area contributed by atoms with E-state index < -0.39 is 61.1 Å². The Morgan fingerprint density at radius 1 is 0.929 bits per heavy atom. The third-order valence-electron chi connectivity index (χ3n) is 8.16. The van der Waals surface area contributed by atoms with Crippen LogP contribution in [0.1, 0.15) is 23.9 Å². The molecule has 2 heterocycles. The second kappa shape index (κ2) is 9.80. The number of halogens is 4. The summed E-state index contributed by atoms with van der Waals surface area (Å²) in [5.74, 6) is -3.34. The van der Waals surface area contributed by atoms with Gasteiger partial charge < -0.3 is 14.6 Å². The van der Waals surface area contributed by atoms with Gasteiger partial charge in [0.2, 0.25) is 0 Å². The first-order valence-electron chi connectivity index (χ1n) is 12.6. The molecule has 1 fully saturated rings. The number of phenolic OH excluding ortho intramolecular Hbond substituents is 1. The van der Waals surface area contributed by atoms with Crippen molar-refractivity contribution in [3.8, 4) is 22.9 Å². The summed E-state index contributed by atoms with van der Waals surface area (Å²) < 4.78 is 14.2. The summed E-state index contributed by atoms with van der Waals surface area (Å²) in [6.45, 7) is -0.0931. The first-order valence-corrected chi connectivity index (χ1v) is 14.1. The van der Waals surface area contributed by atoms with Crippen molar-refractivity contribution < 1.29 is 24.2 Å². The van der Waals surface area contributed by atoms with Crippen LogP contribution in [0.3, 0.4) is 0 Å². The van der Waals surface area contributed by atoms with Crippen molar-refractivity contribution in [1.82, 2.24) is 13.9 Å². The summed E-state index contributed by atoms with van der Waals surface area (Å²) in [5.41, 5.74) is -0.649. The van der Waals surface area contributed by atoms with Gasteiger partial charge in [0, 0.05) is 30.0 Å². The van der Waals surface area contributed by atoms with E-state index in [4.69, 9.17) is 55.9 Å². The van der Waals surface area contributed by atoms with Crippen LogP contribution in [0, 0.1) is 0 Å². The van der Waals surface area contributed by atoms with E-state index in [1.54, 1.807) is 36.4 Å². The standard InChI is InChI=1S/C28H21Cl4N3O7/c1-41-14-10-17(36)19(18(11-14)42-2)20-15-8-9-33-25(39)34(13-6-4-3-5-7-13)26(40)35(33)16(15)12-27(31)23(37)21(29)22(30)24(38)28(20,27)32/h3-8,10-11,16,20,36H,9,12H2,1-2H3. The average Bonchev–Trinajstić information content (AvgIpc) is 3.25. The number of rotatable bonds is 4. The number of ketones is 2. The number of aromatic nitrogens is 3. The molecular formula is C28H21Cl4N3O7. The van der Waals surface area contributed by atoms with E-state index in [9.17, 15) is 24.3 Å². The summed E-state index contributed by atoms with van der Waals surface area (Å²) in [4.78, 5) is 50.6. The molecule has 4 unspecified atom stereocenters. The van der Waals surface area contributed by atoms with Gasteiger partial charge in [0.25, 0.3) is 0 Å². The number of methoxy groups -OCH3 is 2. The number of alkyl halides is 2. The van der Waals surface area contributed by atoms with E-state index >= 15 is 0 Å². The Hall–Kier alpha value is -3.44. The van der Waals surface area contributed by atoms with Crippen molar-refractivity contribution in [2.24, 2.45) is 0 Å². The zero-order valence-electron chi connectivity index (χ0n) is 21.9. The third kappa shape index (κ3) is 3.58. The number of fused-ring (bicyclic) bond motifs is 4. The molecule has 0 saturated heterocycles. The molecule has 1 aromatic heterocycles. The maximum Gasteiger partial charge on any atom is 0.352 e. The largest absolute Gasteiger partial charge is 0.507 e. The van der Waals surface area contributed by atoms with Crippen molar-refractivity contribution >= 4 is 58.0 Å². The molecule has 0 bridgehead atoms. The van der Waals surface area contributed by atoms with E-state index in [0.29, 0.717) is 11.3 Å².